The number of benzene rings is 1. The van der Waals surface area contributed by atoms with Crippen LogP contribution in [0.2, 0.25) is 0 Å². The number of carbonyl (C=O) groups excluding carboxylic acids is 2. The molecule has 2 saturated heterocycles. The van der Waals surface area contributed by atoms with Gasteiger partial charge in [0, 0.05) is 25.9 Å². The van der Waals surface area contributed by atoms with Crippen molar-refractivity contribution in [1.82, 2.24) is 9.80 Å². The number of amides is 2. The highest BCUT2D eigenvalue weighted by atomic mass is 16.2. The Labute approximate surface area is 163 Å². The molecule has 0 aromatic heterocycles. The van der Waals surface area contributed by atoms with Gasteiger partial charge in [0.1, 0.15) is 0 Å². The summed E-state index contributed by atoms with van der Waals surface area (Å²) in [5.41, 5.74) is 1.27. The van der Waals surface area contributed by atoms with Crippen LogP contribution in [0.5, 0.6) is 0 Å². The van der Waals surface area contributed by atoms with Crippen molar-refractivity contribution in [2.24, 2.45) is 5.92 Å². The maximum atomic E-state index is 13.0. The summed E-state index contributed by atoms with van der Waals surface area (Å²) >= 11 is 0. The Bertz CT molecular complexity index is 643. The molecule has 2 amide bonds. The maximum absolute atomic E-state index is 13.0. The first kappa shape index (κ1) is 19.9. The van der Waals surface area contributed by atoms with Crippen LogP contribution >= 0.6 is 0 Å². The van der Waals surface area contributed by atoms with Crippen LogP contribution in [0.15, 0.2) is 30.3 Å². The topological polar surface area (TPSA) is 40.6 Å². The highest BCUT2D eigenvalue weighted by molar-refractivity contribution is 5.78. The Kier molecular flexibility index (Phi) is 6.56. The fourth-order valence-electron chi connectivity index (χ4n) is 4.98. The lowest BCUT2D eigenvalue weighted by Gasteiger charge is -2.38. The van der Waals surface area contributed by atoms with Crippen LogP contribution in [0.4, 0.5) is 0 Å². The minimum absolute atomic E-state index is 0.153. The molecular weight excluding hydrogens is 336 g/mol. The van der Waals surface area contributed by atoms with Crippen molar-refractivity contribution in [2.75, 3.05) is 6.54 Å². The van der Waals surface area contributed by atoms with Crippen LogP contribution in [0.25, 0.3) is 0 Å². The second-order valence-corrected chi connectivity index (χ2v) is 8.67. The standard InChI is InChI=1S/C23H34N2O2/c1-17(2)14-23(27)24-13-9-5-8-12-21-22(24)16-20(25(21)18(3)26)15-19-10-6-4-7-11-19/h4,6-7,10-11,17,20-22H,5,8-9,12-16H2,1-3H3/t20-,21-,22+/m1/s1. The van der Waals surface area contributed by atoms with Crippen LogP contribution in [-0.4, -0.2) is 46.3 Å². The summed E-state index contributed by atoms with van der Waals surface area (Å²) in [5, 5.41) is 0. The molecule has 2 aliphatic heterocycles. The normalized spacial score (nSPS) is 25.9. The molecule has 0 spiro atoms. The molecule has 0 aliphatic carbocycles. The predicted molar refractivity (Wildman–Crippen MR) is 108 cm³/mol. The lowest BCUT2D eigenvalue weighted by molar-refractivity contribution is -0.138. The summed E-state index contributed by atoms with van der Waals surface area (Å²) in [7, 11) is 0. The zero-order valence-corrected chi connectivity index (χ0v) is 17.1. The van der Waals surface area contributed by atoms with Gasteiger partial charge >= 0.3 is 0 Å². The molecule has 0 bridgehead atoms. The molecule has 3 rings (SSSR count). The SMILES string of the molecule is CC(=O)N1[C@H](Cc2ccccc2)C[C@H]2[C@H]1CCCCCN2C(=O)CC(C)C. The van der Waals surface area contributed by atoms with Crippen LogP contribution < -0.4 is 0 Å². The zero-order chi connectivity index (χ0) is 19.4. The van der Waals surface area contributed by atoms with E-state index >= 15 is 0 Å². The van der Waals surface area contributed by atoms with Gasteiger partial charge in [0.2, 0.25) is 11.8 Å². The monoisotopic (exact) mass is 370 g/mol. The van der Waals surface area contributed by atoms with Gasteiger partial charge in [-0.15, -0.1) is 0 Å². The van der Waals surface area contributed by atoms with E-state index in [-0.39, 0.29) is 29.9 Å². The summed E-state index contributed by atoms with van der Waals surface area (Å²) in [6, 6.07) is 11.0. The molecule has 148 valence electrons. The summed E-state index contributed by atoms with van der Waals surface area (Å²) in [6.45, 7) is 6.75. The van der Waals surface area contributed by atoms with Crippen LogP contribution in [0.3, 0.4) is 0 Å². The van der Waals surface area contributed by atoms with Gasteiger partial charge in [0.15, 0.2) is 0 Å². The van der Waals surface area contributed by atoms with Crippen molar-refractivity contribution >= 4 is 11.8 Å². The van der Waals surface area contributed by atoms with Crippen molar-refractivity contribution in [3.8, 4) is 0 Å². The quantitative estimate of drug-likeness (QED) is 0.803. The molecule has 0 saturated carbocycles. The van der Waals surface area contributed by atoms with Gasteiger partial charge in [0.25, 0.3) is 0 Å². The van der Waals surface area contributed by atoms with Crippen molar-refractivity contribution in [1.29, 1.82) is 0 Å². The molecule has 1 aromatic rings. The minimum Gasteiger partial charge on any atom is -0.338 e. The third-order valence-corrected chi connectivity index (χ3v) is 6.09. The first-order chi connectivity index (χ1) is 13.0. The molecule has 27 heavy (non-hydrogen) atoms. The lowest BCUT2D eigenvalue weighted by atomic mass is 9.95. The van der Waals surface area contributed by atoms with Gasteiger partial charge in [-0.2, -0.15) is 0 Å². The fraction of sp³-hybridized carbons (Fsp3) is 0.652. The Morgan fingerprint density at radius 3 is 2.48 bits per heavy atom. The first-order valence-electron chi connectivity index (χ1n) is 10.6. The summed E-state index contributed by atoms with van der Waals surface area (Å²) in [5.74, 6) is 0.790. The van der Waals surface area contributed by atoms with Gasteiger partial charge in [-0.05, 0) is 37.2 Å². The molecule has 2 fully saturated rings. The van der Waals surface area contributed by atoms with Crippen molar-refractivity contribution < 1.29 is 9.59 Å². The number of rotatable bonds is 4. The molecule has 0 N–H and O–H groups in total. The molecule has 0 radical (unpaired) electrons. The molecule has 2 aliphatic rings. The van der Waals surface area contributed by atoms with Gasteiger partial charge in [-0.25, -0.2) is 0 Å². The van der Waals surface area contributed by atoms with Crippen molar-refractivity contribution in [3.63, 3.8) is 0 Å². The highest BCUT2D eigenvalue weighted by Gasteiger charge is 2.46. The molecule has 4 nitrogen and oxygen atoms in total. The van der Waals surface area contributed by atoms with Gasteiger partial charge in [0.05, 0.1) is 12.1 Å². The average molecular weight is 371 g/mol. The Hall–Kier alpha value is -1.84. The summed E-state index contributed by atoms with van der Waals surface area (Å²) in [6.07, 6.45) is 6.77. The van der Waals surface area contributed by atoms with E-state index in [0.717, 1.165) is 45.1 Å². The van der Waals surface area contributed by atoms with E-state index in [1.807, 2.05) is 6.07 Å². The largest absolute Gasteiger partial charge is 0.338 e. The fourth-order valence-corrected chi connectivity index (χ4v) is 4.98. The van der Waals surface area contributed by atoms with Crippen LogP contribution in [0.1, 0.15) is 64.9 Å². The van der Waals surface area contributed by atoms with E-state index in [1.165, 1.54) is 5.56 Å². The van der Waals surface area contributed by atoms with Crippen LogP contribution in [0, 0.1) is 5.92 Å². The van der Waals surface area contributed by atoms with Gasteiger partial charge < -0.3 is 9.80 Å². The number of likely N-dealkylation sites (tertiary alicyclic amines) is 2. The second kappa shape index (κ2) is 8.90. The summed E-state index contributed by atoms with van der Waals surface area (Å²) < 4.78 is 0. The zero-order valence-electron chi connectivity index (χ0n) is 17.1. The predicted octanol–water partition coefficient (Wildman–Crippen LogP) is 4.04. The van der Waals surface area contributed by atoms with E-state index in [1.54, 1.807) is 6.92 Å². The molecule has 2 heterocycles. The number of hydrogen-bond donors (Lipinski definition) is 0. The molecule has 0 unspecified atom stereocenters. The molecular formula is C23H34N2O2. The Morgan fingerprint density at radius 1 is 1.07 bits per heavy atom. The highest BCUT2D eigenvalue weighted by Crippen LogP contribution is 2.35. The van der Waals surface area contributed by atoms with Crippen molar-refractivity contribution in [2.45, 2.75) is 83.8 Å². The van der Waals surface area contributed by atoms with E-state index < -0.39 is 0 Å². The Balaban J connectivity index is 1.85. The van der Waals surface area contributed by atoms with Crippen LogP contribution in [-0.2, 0) is 16.0 Å². The smallest absolute Gasteiger partial charge is 0.223 e. The first-order valence-corrected chi connectivity index (χ1v) is 10.6. The lowest BCUT2D eigenvalue weighted by Crippen LogP contribution is -2.50. The third-order valence-electron chi connectivity index (χ3n) is 6.09. The van der Waals surface area contributed by atoms with Crippen molar-refractivity contribution in [3.05, 3.63) is 35.9 Å². The molecule has 3 atom stereocenters. The van der Waals surface area contributed by atoms with Gasteiger partial charge in [-0.1, -0.05) is 57.0 Å². The number of hydrogen-bond acceptors (Lipinski definition) is 2. The van der Waals surface area contributed by atoms with E-state index in [0.29, 0.717) is 12.3 Å². The number of fused-ring (bicyclic) bond motifs is 1. The van der Waals surface area contributed by atoms with E-state index in [4.69, 9.17) is 0 Å². The Morgan fingerprint density at radius 2 is 1.81 bits per heavy atom. The average Bonchev–Trinajstić information content (AvgIpc) is 2.92. The maximum Gasteiger partial charge on any atom is 0.223 e. The minimum atomic E-state index is 0.153. The van der Waals surface area contributed by atoms with E-state index in [2.05, 4.69) is 47.9 Å². The second-order valence-electron chi connectivity index (χ2n) is 8.67. The van der Waals surface area contributed by atoms with E-state index in [9.17, 15) is 9.59 Å². The summed E-state index contributed by atoms with van der Waals surface area (Å²) in [4.78, 5) is 29.8. The van der Waals surface area contributed by atoms with Gasteiger partial charge in [-0.3, -0.25) is 9.59 Å². The molecule has 4 heteroatoms. The third kappa shape index (κ3) is 4.72. The number of carbonyl (C=O) groups is 2. The molecule has 1 aromatic carbocycles. The number of nitrogens with zero attached hydrogens (tertiary/aromatic N) is 2.